The summed E-state index contributed by atoms with van der Waals surface area (Å²) in [5, 5.41) is 1.92. The molecule has 56 valence electrons. The van der Waals surface area contributed by atoms with Crippen LogP contribution in [0.5, 0.6) is 0 Å². The molecule has 0 saturated carbocycles. The number of hydrogen-bond donors (Lipinski definition) is 0. The molecule has 0 radical (unpaired) electrons. The molecule has 0 aliphatic carbocycles. The Labute approximate surface area is 68.9 Å². The third-order valence-corrected chi connectivity index (χ3v) is 8.51. The van der Waals surface area contributed by atoms with E-state index in [2.05, 4.69) is 14.8 Å². The quantitative estimate of drug-likeness (QED) is 0.684. The molecule has 0 unspecified atom stereocenters. The number of thiophene rings is 1. The van der Waals surface area contributed by atoms with Gasteiger partial charge in [-0.3, -0.25) is 0 Å². The molecule has 0 spiro atoms. The Balaban J connectivity index is 2.96. The standard InChI is InChI=1S/C4H2FS.3CH3.Sn/c5-4-2-1-3-6-4;;;;/h2-3H;3*1H3;. The molecule has 10 heavy (non-hydrogen) atoms. The van der Waals surface area contributed by atoms with Crippen LogP contribution in [0.25, 0.3) is 0 Å². The molecular weight excluding hydrogens is 254 g/mol. The van der Waals surface area contributed by atoms with Crippen molar-refractivity contribution in [2.45, 2.75) is 14.8 Å². The second-order valence-corrected chi connectivity index (χ2v) is 18.7. The van der Waals surface area contributed by atoms with Crippen molar-refractivity contribution >= 4 is 33.3 Å². The molecule has 0 N–H and O–H groups in total. The minimum absolute atomic E-state index is 0.0402. The zero-order valence-electron chi connectivity index (χ0n) is 6.44. The van der Waals surface area contributed by atoms with Gasteiger partial charge < -0.3 is 0 Å². The Morgan fingerprint density at radius 2 is 2.00 bits per heavy atom. The van der Waals surface area contributed by atoms with Gasteiger partial charge in [0, 0.05) is 0 Å². The van der Waals surface area contributed by atoms with E-state index in [4.69, 9.17) is 0 Å². The molecule has 0 atom stereocenters. The van der Waals surface area contributed by atoms with E-state index in [1.54, 1.807) is 6.07 Å². The van der Waals surface area contributed by atoms with E-state index in [1.807, 2.05) is 5.38 Å². The maximum atomic E-state index is 12.5. The van der Waals surface area contributed by atoms with E-state index in [9.17, 15) is 4.39 Å². The Morgan fingerprint density at radius 1 is 1.40 bits per heavy atom. The maximum absolute atomic E-state index is 12.5. The van der Waals surface area contributed by atoms with Gasteiger partial charge in [-0.1, -0.05) is 0 Å². The van der Waals surface area contributed by atoms with Crippen LogP contribution in [-0.4, -0.2) is 18.4 Å². The Hall–Kier alpha value is 0.429. The van der Waals surface area contributed by atoms with E-state index in [1.165, 1.54) is 14.9 Å². The molecular formula is C7H11FSSn. The molecule has 1 aromatic rings. The van der Waals surface area contributed by atoms with E-state index in [-0.39, 0.29) is 5.13 Å². The van der Waals surface area contributed by atoms with Gasteiger partial charge in [-0.15, -0.1) is 0 Å². The van der Waals surface area contributed by atoms with Crippen LogP contribution in [0.2, 0.25) is 14.8 Å². The Bertz CT molecular complexity index is 224. The van der Waals surface area contributed by atoms with Crippen molar-refractivity contribution in [1.29, 1.82) is 0 Å². The first-order valence-corrected chi connectivity index (χ1v) is 14.1. The summed E-state index contributed by atoms with van der Waals surface area (Å²) >= 11 is -0.704. The van der Waals surface area contributed by atoms with Crippen molar-refractivity contribution in [3.63, 3.8) is 0 Å². The van der Waals surface area contributed by atoms with Crippen LogP contribution >= 0.6 is 11.3 Å². The summed E-state index contributed by atoms with van der Waals surface area (Å²) in [5.74, 6) is 0. The molecule has 0 saturated heterocycles. The van der Waals surface area contributed by atoms with Crippen molar-refractivity contribution < 1.29 is 4.39 Å². The topological polar surface area (TPSA) is 0 Å². The van der Waals surface area contributed by atoms with E-state index in [0.29, 0.717) is 0 Å². The van der Waals surface area contributed by atoms with Gasteiger partial charge in [-0.05, 0) is 0 Å². The molecule has 0 nitrogen and oxygen atoms in total. The normalized spacial score (nSPS) is 12.0. The van der Waals surface area contributed by atoms with E-state index >= 15 is 0 Å². The van der Waals surface area contributed by atoms with Gasteiger partial charge in [0.25, 0.3) is 0 Å². The van der Waals surface area contributed by atoms with Gasteiger partial charge in [0.2, 0.25) is 0 Å². The summed E-state index contributed by atoms with van der Waals surface area (Å²) in [6.45, 7) is 0. The van der Waals surface area contributed by atoms with Crippen LogP contribution in [0.4, 0.5) is 4.39 Å². The summed E-state index contributed by atoms with van der Waals surface area (Å²) in [6.07, 6.45) is 0. The molecule has 0 amide bonds. The van der Waals surface area contributed by atoms with Crippen LogP contribution in [0.3, 0.4) is 0 Å². The number of halogens is 1. The average molecular weight is 265 g/mol. The molecule has 0 bridgehead atoms. The first kappa shape index (κ1) is 8.52. The fraction of sp³-hybridized carbons (Fsp3) is 0.429. The monoisotopic (exact) mass is 266 g/mol. The Kier molecular flexibility index (Phi) is 2.40. The van der Waals surface area contributed by atoms with Gasteiger partial charge >= 0.3 is 69.1 Å². The summed E-state index contributed by atoms with van der Waals surface area (Å²) in [4.78, 5) is 6.86. The van der Waals surface area contributed by atoms with Gasteiger partial charge in [0.05, 0.1) is 0 Å². The Morgan fingerprint density at radius 3 is 2.20 bits per heavy atom. The van der Waals surface area contributed by atoms with Crippen LogP contribution < -0.4 is 3.58 Å². The van der Waals surface area contributed by atoms with Crippen LogP contribution in [0, 0.1) is 5.13 Å². The second kappa shape index (κ2) is 2.81. The molecule has 0 aliphatic heterocycles. The number of rotatable bonds is 1. The molecule has 1 rings (SSSR count). The molecule has 0 fully saturated rings. The SMILES string of the molecule is [CH3][Sn]([CH3])([CH3])[c]1csc(F)c1. The second-order valence-electron chi connectivity index (χ2n) is 3.39. The van der Waals surface area contributed by atoms with Gasteiger partial charge in [0.1, 0.15) is 0 Å². The first-order chi connectivity index (χ1) is 4.50. The van der Waals surface area contributed by atoms with Crippen LogP contribution in [0.1, 0.15) is 0 Å². The van der Waals surface area contributed by atoms with Crippen molar-refractivity contribution in [3.8, 4) is 0 Å². The summed E-state index contributed by atoms with van der Waals surface area (Å²) in [5.41, 5.74) is 0. The predicted molar refractivity (Wildman–Crippen MR) is 47.3 cm³/mol. The zero-order valence-corrected chi connectivity index (χ0v) is 10.1. The summed E-state index contributed by atoms with van der Waals surface area (Å²) in [6, 6.07) is 1.70. The van der Waals surface area contributed by atoms with E-state index < -0.39 is 18.4 Å². The minimum atomic E-state index is -1.92. The summed E-state index contributed by atoms with van der Waals surface area (Å²) < 4.78 is 13.8. The van der Waals surface area contributed by atoms with Gasteiger partial charge in [-0.25, -0.2) is 0 Å². The van der Waals surface area contributed by atoms with Crippen LogP contribution in [0.15, 0.2) is 11.4 Å². The third-order valence-electron chi connectivity index (χ3n) is 1.43. The molecule has 3 heteroatoms. The van der Waals surface area contributed by atoms with Gasteiger partial charge in [0.15, 0.2) is 0 Å². The third kappa shape index (κ3) is 1.95. The average Bonchev–Trinajstić information content (AvgIpc) is 2.11. The first-order valence-electron chi connectivity index (χ1n) is 3.24. The fourth-order valence-corrected chi connectivity index (χ4v) is 6.99. The number of hydrogen-bond acceptors (Lipinski definition) is 1. The predicted octanol–water partition coefficient (Wildman–Crippen LogP) is 2.43. The molecule has 0 aromatic carbocycles. The van der Waals surface area contributed by atoms with Crippen molar-refractivity contribution in [3.05, 3.63) is 16.6 Å². The summed E-state index contributed by atoms with van der Waals surface area (Å²) in [7, 11) is 0. The molecule has 0 aliphatic rings. The zero-order chi connectivity index (χ0) is 7.78. The molecule has 1 heterocycles. The van der Waals surface area contributed by atoms with Crippen LogP contribution in [-0.2, 0) is 0 Å². The van der Waals surface area contributed by atoms with Gasteiger partial charge in [-0.2, -0.15) is 0 Å². The van der Waals surface area contributed by atoms with Crippen molar-refractivity contribution in [1.82, 2.24) is 0 Å². The van der Waals surface area contributed by atoms with Crippen molar-refractivity contribution in [2.24, 2.45) is 0 Å². The fourth-order valence-electron chi connectivity index (χ4n) is 0.703. The van der Waals surface area contributed by atoms with Crippen molar-refractivity contribution in [2.75, 3.05) is 0 Å². The molecule has 1 aromatic heterocycles. The van der Waals surface area contributed by atoms with E-state index in [0.717, 1.165) is 0 Å².